The Morgan fingerprint density at radius 1 is 1.45 bits per heavy atom. The number of ether oxygens (including phenoxy) is 2. The molecule has 0 bridgehead atoms. The van der Waals surface area contributed by atoms with Crippen LogP contribution in [0.2, 0.25) is 0 Å². The molecule has 0 saturated carbocycles. The van der Waals surface area contributed by atoms with E-state index in [1.54, 1.807) is 12.1 Å². The maximum atomic E-state index is 11.6. The van der Waals surface area contributed by atoms with E-state index >= 15 is 0 Å². The molecular formula is C15H22N2O3. The first-order valence-electron chi connectivity index (χ1n) is 6.94. The summed E-state index contributed by atoms with van der Waals surface area (Å²) in [6.45, 7) is 3.81. The highest BCUT2D eigenvalue weighted by molar-refractivity contribution is 5.96. The lowest BCUT2D eigenvalue weighted by Gasteiger charge is -2.29. The third kappa shape index (κ3) is 3.42. The average Bonchev–Trinajstić information content (AvgIpc) is 2.49. The summed E-state index contributed by atoms with van der Waals surface area (Å²) in [7, 11) is 1.35. The van der Waals surface area contributed by atoms with E-state index in [0.717, 1.165) is 31.7 Å². The first-order chi connectivity index (χ1) is 9.61. The summed E-state index contributed by atoms with van der Waals surface area (Å²) in [6.07, 6.45) is 2.12. The number of nitrogens with two attached hydrogens (primary N) is 1. The maximum absolute atomic E-state index is 11.6. The van der Waals surface area contributed by atoms with Crippen molar-refractivity contribution in [1.82, 2.24) is 0 Å². The van der Waals surface area contributed by atoms with Crippen LogP contribution < -0.4 is 11.1 Å². The molecule has 0 aromatic heterocycles. The highest BCUT2D eigenvalue weighted by Gasteiger charge is 2.20. The van der Waals surface area contributed by atoms with Crippen molar-refractivity contribution in [2.24, 2.45) is 5.92 Å². The van der Waals surface area contributed by atoms with Crippen LogP contribution in [0.3, 0.4) is 0 Å². The molecule has 1 atom stereocenters. The fourth-order valence-corrected chi connectivity index (χ4v) is 2.53. The summed E-state index contributed by atoms with van der Waals surface area (Å²) in [5.41, 5.74) is 7.51. The van der Waals surface area contributed by atoms with Gasteiger partial charge in [-0.25, -0.2) is 4.79 Å². The predicted molar refractivity (Wildman–Crippen MR) is 78.8 cm³/mol. The zero-order valence-corrected chi connectivity index (χ0v) is 12.0. The Labute approximate surface area is 119 Å². The SMILES string of the molecule is COC(=O)c1cc(NC(C)C2CCOCC2)ccc1N. The van der Waals surface area contributed by atoms with E-state index in [-0.39, 0.29) is 0 Å². The minimum Gasteiger partial charge on any atom is -0.465 e. The van der Waals surface area contributed by atoms with Crippen molar-refractivity contribution in [2.75, 3.05) is 31.4 Å². The van der Waals surface area contributed by atoms with E-state index in [2.05, 4.69) is 12.2 Å². The summed E-state index contributed by atoms with van der Waals surface area (Å²) in [5.74, 6) is 0.174. The quantitative estimate of drug-likeness (QED) is 0.653. The smallest absolute Gasteiger partial charge is 0.340 e. The summed E-state index contributed by atoms with van der Waals surface area (Å²) in [6, 6.07) is 5.69. The van der Waals surface area contributed by atoms with Gasteiger partial charge in [0.15, 0.2) is 0 Å². The first kappa shape index (κ1) is 14.7. The maximum Gasteiger partial charge on any atom is 0.340 e. The van der Waals surface area contributed by atoms with E-state index in [4.69, 9.17) is 15.2 Å². The number of nitrogen functional groups attached to an aromatic ring is 1. The lowest BCUT2D eigenvalue weighted by molar-refractivity contribution is 0.0602. The van der Waals surface area contributed by atoms with Crippen molar-refractivity contribution in [2.45, 2.75) is 25.8 Å². The van der Waals surface area contributed by atoms with Gasteiger partial charge in [-0.2, -0.15) is 0 Å². The Kier molecular flexibility index (Phi) is 4.84. The number of hydrogen-bond acceptors (Lipinski definition) is 5. The van der Waals surface area contributed by atoms with Crippen LogP contribution in [0.1, 0.15) is 30.1 Å². The van der Waals surface area contributed by atoms with Crippen LogP contribution in [0.4, 0.5) is 11.4 Å². The minimum absolute atomic E-state index is 0.327. The largest absolute Gasteiger partial charge is 0.465 e. The molecule has 3 N–H and O–H groups in total. The lowest BCUT2D eigenvalue weighted by Crippen LogP contribution is -2.31. The topological polar surface area (TPSA) is 73.6 Å². The summed E-state index contributed by atoms with van der Waals surface area (Å²) >= 11 is 0. The summed E-state index contributed by atoms with van der Waals surface area (Å²) < 4.78 is 10.1. The molecule has 0 radical (unpaired) electrons. The van der Waals surface area contributed by atoms with E-state index in [0.29, 0.717) is 23.2 Å². The predicted octanol–water partition coefficient (Wildman–Crippen LogP) is 2.28. The van der Waals surface area contributed by atoms with Crippen LogP contribution in [0.15, 0.2) is 18.2 Å². The van der Waals surface area contributed by atoms with Gasteiger partial charge in [-0.05, 0) is 43.9 Å². The number of rotatable bonds is 4. The lowest BCUT2D eigenvalue weighted by atomic mass is 9.92. The van der Waals surface area contributed by atoms with Crippen LogP contribution >= 0.6 is 0 Å². The van der Waals surface area contributed by atoms with Gasteiger partial charge in [0, 0.05) is 30.6 Å². The Bertz CT molecular complexity index is 470. The van der Waals surface area contributed by atoms with Gasteiger partial charge in [-0.1, -0.05) is 0 Å². The second-order valence-electron chi connectivity index (χ2n) is 5.18. The third-order valence-electron chi connectivity index (χ3n) is 3.83. The number of hydrogen-bond donors (Lipinski definition) is 2. The Balaban J connectivity index is 2.07. The molecule has 1 saturated heterocycles. The van der Waals surface area contributed by atoms with Crippen LogP contribution in [0.5, 0.6) is 0 Å². The molecular weight excluding hydrogens is 256 g/mol. The van der Waals surface area contributed by atoms with Gasteiger partial charge >= 0.3 is 5.97 Å². The highest BCUT2D eigenvalue weighted by Crippen LogP contribution is 2.24. The van der Waals surface area contributed by atoms with Crippen LogP contribution in [-0.2, 0) is 9.47 Å². The number of benzene rings is 1. The second-order valence-corrected chi connectivity index (χ2v) is 5.18. The molecule has 2 rings (SSSR count). The number of esters is 1. The van der Waals surface area contributed by atoms with Crippen molar-refractivity contribution in [3.63, 3.8) is 0 Å². The molecule has 0 aliphatic carbocycles. The van der Waals surface area contributed by atoms with Crippen molar-refractivity contribution in [3.8, 4) is 0 Å². The zero-order valence-electron chi connectivity index (χ0n) is 12.0. The minimum atomic E-state index is -0.412. The van der Waals surface area contributed by atoms with Gasteiger partial charge in [-0.15, -0.1) is 0 Å². The molecule has 5 nitrogen and oxygen atoms in total. The van der Waals surface area contributed by atoms with E-state index in [1.807, 2.05) is 6.07 Å². The number of carbonyl (C=O) groups excluding carboxylic acids is 1. The third-order valence-corrected chi connectivity index (χ3v) is 3.83. The van der Waals surface area contributed by atoms with Gasteiger partial charge < -0.3 is 20.5 Å². The molecule has 1 aliphatic heterocycles. The second kappa shape index (κ2) is 6.61. The highest BCUT2D eigenvalue weighted by atomic mass is 16.5. The molecule has 1 aliphatic rings. The first-order valence-corrected chi connectivity index (χ1v) is 6.94. The Hall–Kier alpha value is -1.75. The Morgan fingerprint density at radius 2 is 2.15 bits per heavy atom. The van der Waals surface area contributed by atoms with Crippen molar-refractivity contribution in [3.05, 3.63) is 23.8 Å². The van der Waals surface area contributed by atoms with E-state index < -0.39 is 5.97 Å². The molecule has 1 heterocycles. The van der Waals surface area contributed by atoms with E-state index in [9.17, 15) is 4.79 Å². The van der Waals surface area contributed by atoms with Gasteiger partial charge in [-0.3, -0.25) is 0 Å². The number of nitrogens with one attached hydrogen (secondary N) is 1. The molecule has 110 valence electrons. The standard InChI is InChI=1S/C15H22N2O3/c1-10(11-5-7-20-8-6-11)17-12-3-4-14(16)13(9-12)15(18)19-2/h3-4,9-11,17H,5-8,16H2,1-2H3. The van der Waals surface area contributed by atoms with Crippen molar-refractivity contribution < 1.29 is 14.3 Å². The van der Waals surface area contributed by atoms with Crippen LogP contribution in [0, 0.1) is 5.92 Å². The van der Waals surface area contributed by atoms with Gasteiger partial charge in [0.05, 0.1) is 12.7 Å². The normalized spacial score (nSPS) is 17.5. The van der Waals surface area contributed by atoms with Gasteiger partial charge in [0.2, 0.25) is 0 Å². The average molecular weight is 278 g/mol. The fourth-order valence-electron chi connectivity index (χ4n) is 2.53. The van der Waals surface area contributed by atoms with E-state index in [1.165, 1.54) is 7.11 Å². The molecule has 0 amide bonds. The van der Waals surface area contributed by atoms with Crippen LogP contribution in [0.25, 0.3) is 0 Å². The molecule has 20 heavy (non-hydrogen) atoms. The summed E-state index contributed by atoms with van der Waals surface area (Å²) in [4.78, 5) is 11.6. The molecule has 1 aromatic carbocycles. The Morgan fingerprint density at radius 3 is 2.80 bits per heavy atom. The number of anilines is 2. The molecule has 1 unspecified atom stereocenters. The summed E-state index contributed by atoms with van der Waals surface area (Å²) in [5, 5.41) is 3.44. The fraction of sp³-hybridized carbons (Fsp3) is 0.533. The molecule has 0 spiro atoms. The van der Waals surface area contributed by atoms with Gasteiger partial charge in [0.1, 0.15) is 0 Å². The van der Waals surface area contributed by atoms with Crippen molar-refractivity contribution >= 4 is 17.3 Å². The molecule has 5 heteroatoms. The molecule has 1 aromatic rings. The zero-order chi connectivity index (χ0) is 14.5. The number of carbonyl (C=O) groups is 1. The van der Waals surface area contributed by atoms with Gasteiger partial charge in [0.25, 0.3) is 0 Å². The van der Waals surface area contributed by atoms with Crippen molar-refractivity contribution in [1.29, 1.82) is 0 Å². The number of methoxy groups -OCH3 is 1. The monoisotopic (exact) mass is 278 g/mol. The molecule has 1 fully saturated rings. The van der Waals surface area contributed by atoms with Crippen LogP contribution in [-0.4, -0.2) is 32.3 Å².